The molecule has 4 nitrogen and oxygen atoms in total. The Morgan fingerprint density at radius 1 is 1.37 bits per heavy atom. The molecule has 0 atom stereocenters. The van der Waals surface area contributed by atoms with Crippen molar-refractivity contribution in [2.24, 2.45) is 0 Å². The fraction of sp³-hybridized carbons (Fsp3) is 0.231. The minimum Gasteiger partial charge on any atom is -0.354 e. The van der Waals surface area contributed by atoms with E-state index in [1.54, 1.807) is 18.3 Å². The summed E-state index contributed by atoms with van der Waals surface area (Å²) in [4.78, 5) is 8.48. The minimum atomic E-state index is -0.292. The van der Waals surface area contributed by atoms with Crippen molar-refractivity contribution in [3.63, 3.8) is 0 Å². The Labute approximate surface area is 119 Å². The number of hydrogen-bond donors (Lipinski definition) is 2. The Morgan fingerprint density at radius 2 is 2.21 bits per heavy atom. The smallest absolute Gasteiger partial charge is 0.224 e. The van der Waals surface area contributed by atoms with Gasteiger partial charge in [0.05, 0.1) is 4.47 Å². The van der Waals surface area contributed by atoms with Gasteiger partial charge >= 0.3 is 0 Å². The highest BCUT2D eigenvalue weighted by molar-refractivity contribution is 9.10. The molecule has 1 aromatic carbocycles. The van der Waals surface area contributed by atoms with Crippen LogP contribution < -0.4 is 10.6 Å². The summed E-state index contributed by atoms with van der Waals surface area (Å²) in [6, 6.07) is 6.22. The van der Waals surface area contributed by atoms with Crippen molar-refractivity contribution in [1.29, 1.82) is 0 Å². The summed E-state index contributed by atoms with van der Waals surface area (Å²) in [5.41, 5.74) is 0.640. The van der Waals surface area contributed by atoms with Crippen molar-refractivity contribution in [3.05, 3.63) is 40.8 Å². The molecule has 0 aliphatic rings. The molecule has 6 heteroatoms. The highest BCUT2D eigenvalue weighted by Gasteiger charge is 2.05. The van der Waals surface area contributed by atoms with Crippen LogP contribution >= 0.6 is 15.9 Å². The van der Waals surface area contributed by atoms with E-state index in [0.29, 0.717) is 17.5 Å². The molecule has 19 heavy (non-hydrogen) atoms. The van der Waals surface area contributed by atoms with Crippen LogP contribution in [0.4, 0.5) is 21.8 Å². The monoisotopic (exact) mass is 324 g/mol. The zero-order valence-corrected chi connectivity index (χ0v) is 12.0. The van der Waals surface area contributed by atoms with Gasteiger partial charge in [-0.25, -0.2) is 9.37 Å². The van der Waals surface area contributed by atoms with E-state index < -0.39 is 0 Å². The van der Waals surface area contributed by atoms with Crippen LogP contribution in [0.1, 0.15) is 13.3 Å². The summed E-state index contributed by atoms with van der Waals surface area (Å²) in [5, 5.41) is 6.15. The van der Waals surface area contributed by atoms with Gasteiger partial charge in [-0.2, -0.15) is 4.98 Å². The van der Waals surface area contributed by atoms with Crippen molar-refractivity contribution in [2.75, 3.05) is 17.2 Å². The third-order valence-electron chi connectivity index (χ3n) is 2.36. The van der Waals surface area contributed by atoms with Crippen LogP contribution in [0.2, 0.25) is 0 Å². The third kappa shape index (κ3) is 3.89. The van der Waals surface area contributed by atoms with Crippen LogP contribution in [0.15, 0.2) is 34.9 Å². The van der Waals surface area contributed by atoms with Crippen LogP contribution in [0.25, 0.3) is 0 Å². The molecule has 2 N–H and O–H groups in total. The number of nitrogens with one attached hydrogen (secondary N) is 2. The van der Waals surface area contributed by atoms with Gasteiger partial charge in [0, 0.05) is 18.4 Å². The van der Waals surface area contributed by atoms with E-state index in [1.807, 2.05) is 0 Å². The molecule has 0 saturated heterocycles. The zero-order chi connectivity index (χ0) is 13.7. The summed E-state index contributed by atoms with van der Waals surface area (Å²) < 4.78 is 13.8. The molecular weight excluding hydrogens is 311 g/mol. The molecule has 100 valence electrons. The van der Waals surface area contributed by atoms with E-state index in [1.165, 1.54) is 12.1 Å². The first-order valence-corrected chi connectivity index (χ1v) is 6.77. The van der Waals surface area contributed by atoms with Crippen LogP contribution in [0.3, 0.4) is 0 Å². The molecule has 0 spiro atoms. The number of halogens is 2. The second-order valence-corrected chi connectivity index (χ2v) is 4.81. The molecule has 2 rings (SSSR count). The van der Waals surface area contributed by atoms with Crippen molar-refractivity contribution in [2.45, 2.75) is 13.3 Å². The first kappa shape index (κ1) is 13.7. The second kappa shape index (κ2) is 6.47. The van der Waals surface area contributed by atoms with Crippen LogP contribution in [0.5, 0.6) is 0 Å². The number of nitrogens with zero attached hydrogens (tertiary/aromatic N) is 2. The summed E-state index contributed by atoms with van der Waals surface area (Å²) in [6.45, 7) is 2.87. The van der Waals surface area contributed by atoms with E-state index in [9.17, 15) is 4.39 Å². The van der Waals surface area contributed by atoms with Gasteiger partial charge in [0.1, 0.15) is 11.6 Å². The summed E-state index contributed by atoms with van der Waals surface area (Å²) >= 11 is 3.37. The standard InChI is InChI=1S/C13H14BrFN4/c1-2-6-16-13-17-8-11(14)12(19-13)18-10-5-3-4-9(15)7-10/h3-5,7-8H,2,6H2,1H3,(H2,16,17,18,19). The molecule has 0 amide bonds. The molecule has 0 unspecified atom stereocenters. The maximum Gasteiger partial charge on any atom is 0.224 e. The van der Waals surface area contributed by atoms with Gasteiger partial charge in [0.15, 0.2) is 0 Å². The first-order chi connectivity index (χ1) is 9.19. The molecule has 0 bridgehead atoms. The van der Waals surface area contributed by atoms with E-state index in [2.05, 4.69) is 43.5 Å². The lowest BCUT2D eigenvalue weighted by Gasteiger charge is -2.09. The lowest BCUT2D eigenvalue weighted by molar-refractivity contribution is 0.628. The van der Waals surface area contributed by atoms with Gasteiger partial charge in [-0.15, -0.1) is 0 Å². The zero-order valence-electron chi connectivity index (χ0n) is 10.5. The number of aromatic nitrogens is 2. The fourth-order valence-corrected chi connectivity index (χ4v) is 1.77. The van der Waals surface area contributed by atoms with Gasteiger partial charge in [0.2, 0.25) is 5.95 Å². The van der Waals surface area contributed by atoms with E-state index in [0.717, 1.165) is 17.4 Å². The van der Waals surface area contributed by atoms with E-state index >= 15 is 0 Å². The van der Waals surface area contributed by atoms with Gasteiger partial charge in [0.25, 0.3) is 0 Å². The fourth-order valence-electron chi connectivity index (χ4n) is 1.48. The molecule has 0 saturated carbocycles. The highest BCUT2D eigenvalue weighted by Crippen LogP contribution is 2.24. The highest BCUT2D eigenvalue weighted by atomic mass is 79.9. The van der Waals surface area contributed by atoms with Crippen molar-refractivity contribution < 1.29 is 4.39 Å². The Bertz CT molecular complexity index is 562. The minimum absolute atomic E-state index is 0.292. The van der Waals surface area contributed by atoms with Gasteiger partial charge in [-0.1, -0.05) is 13.0 Å². The summed E-state index contributed by atoms with van der Waals surface area (Å²) in [6.07, 6.45) is 2.65. The SMILES string of the molecule is CCCNc1ncc(Br)c(Nc2cccc(F)c2)n1. The average molecular weight is 325 g/mol. The van der Waals surface area contributed by atoms with E-state index in [-0.39, 0.29) is 5.82 Å². The molecule has 1 aromatic heterocycles. The van der Waals surface area contributed by atoms with Crippen LogP contribution in [-0.2, 0) is 0 Å². The predicted octanol–water partition coefficient (Wildman–Crippen LogP) is 3.94. The Hall–Kier alpha value is -1.69. The normalized spacial score (nSPS) is 10.3. The number of hydrogen-bond acceptors (Lipinski definition) is 4. The second-order valence-electron chi connectivity index (χ2n) is 3.95. The molecule has 1 heterocycles. The van der Waals surface area contributed by atoms with Crippen molar-refractivity contribution >= 4 is 33.4 Å². The maximum atomic E-state index is 13.1. The van der Waals surface area contributed by atoms with Gasteiger partial charge in [-0.3, -0.25) is 0 Å². The van der Waals surface area contributed by atoms with Crippen molar-refractivity contribution in [1.82, 2.24) is 9.97 Å². The Morgan fingerprint density at radius 3 is 2.95 bits per heavy atom. The third-order valence-corrected chi connectivity index (χ3v) is 2.94. The lowest BCUT2D eigenvalue weighted by atomic mass is 10.3. The molecule has 0 aliphatic carbocycles. The summed E-state index contributed by atoms with van der Waals surface area (Å²) in [5.74, 6) is 0.850. The van der Waals surface area contributed by atoms with Crippen molar-refractivity contribution in [3.8, 4) is 0 Å². The average Bonchev–Trinajstić information content (AvgIpc) is 2.40. The number of benzene rings is 1. The van der Waals surface area contributed by atoms with Crippen LogP contribution in [-0.4, -0.2) is 16.5 Å². The first-order valence-electron chi connectivity index (χ1n) is 5.98. The molecule has 0 aliphatic heterocycles. The maximum absolute atomic E-state index is 13.1. The molecule has 0 radical (unpaired) electrons. The lowest BCUT2D eigenvalue weighted by Crippen LogP contribution is -2.06. The number of rotatable bonds is 5. The largest absolute Gasteiger partial charge is 0.354 e. The molecule has 2 aromatic rings. The quantitative estimate of drug-likeness (QED) is 0.874. The summed E-state index contributed by atoms with van der Waals surface area (Å²) in [7, 11) is 0. The predicted molar refractivity (Wildman–Crippen MR) is 78.2 cm³/mol. The number of anilines is 3. The molecule has 0 fully saturated rings. The Kier molecular flexibility index (Phi) is 4.68. The topological polar surface area (TPSA) is 49.8 Å². The Balaban J connectivity index is 2.19. The van der Waals surface area contributed by atoms with E-state index in [4.69, 9.17) is 0 Å². The van der Waals surface area contributed by atoms with Gasteiger partial charge in [-0.05, 0) is 40.5 Å². The molecular formula is C13H14BrFN4. The van der Waals surface area contributed by atoms with Gasteiger partial charge < -0.3 is 10.6 Å². The van der Waals surface area contributed by atoms with Crippen LogP contribution in [0, 0.1) is 5.82 Å².